The second-order valence-electron chi connectivity index (χ2n) is 10.9. The highest BCUT2D eigenvalue weighted by molar-refractivity contribution is 6.32. The van der Waals surface area contributed by atoms with E-state index < -0.39 is 0 Å². The molecule has 234 valence electrons. The maximum absolute atomic E-state index is 12.9. The number of amides is 1. The van der Waals surface area contributed by atoms with Gasteiger partial charge in [-0.05, 0) is 71.1 Å². The van der Waals surface area contributed by atoms with Crippen molar-refractivity contribution in [1.82, 2.24) is 14.8 Å². The summed E-state index contributed by atoms with van der Waals surface area (Å²) in [6.07, 6.45) is 8.58. The van der Waals surface area contributed by atoms with Crippen LogP contribution in [0.25, 0.3) is 12.2 Å². The van der Waals surface area contributed by atoms with E-state index in [1.165, 1.54) is 5.56 Å². The van der Waals surface area contributed by atoms with Gasteiger partial charge >= 0.3 is 0 Å². The number of pyridine rings is 1. The molecule has 3 aromatic carbocycles. The van der Waals surface area contributed by atoms with Gasteiger partial charge in [0.15, 0.2) is 5.75 Å². The smallest absolute Gasteiger partial charge is 0.246 e. The lowest BCUT2D eigenvalue weighted by Crippen LogP contribution is -2.47. The fourth-order valence-electron chi connectivity index (χ4n) is 5.02. The van der Waals surface area contributed by atoms with Crippen LogP contribution in [0.2, 0.25) is 5.02 Å². The zero-order valence-electron chi connectivity index (χ0n) is 25.6. The largest absolute Gasteiger partial charge is 0.487 e. The van der Waals surface area contributed by atoms with Crippen LogP contribution in [0.15, 0.2) is 91.1 Å². The van der Waals surface area contributed by atoms with Gasteiger partial charge in [-0.25, -0.2) is 4.98 Å². The molecule has 1 N–H and O–H groups in total. The van der Waals surface area contributed by atoms with Crippen LogP contribution in [0.3, 0.4) is 0 Å². The average molecular weight is 635 g/mol. The van der Waals surface area contributed by atoms with Crippen molar-refractivity contribution in [2.45, 2.75) is 20.1 Å². The van der Waals surface area contributed by atoms with E-state index in [9.17, 15) is 4.79 Å². The number of carbonyl (C=O) groups is 1. The molecule has 46 heavy (non-hydrogen) atoms. The van der Waals surface area contributed by atoms with Gasteiger partial charge in [-0.1, -0.05) is 60.2 Å². The first-order valence-corrected chi connectivity index (χ1v) is 15.4. The SMILES string of the molecule is Cc1cc(/C=C/C(=O)N2CCN(Cc3ccc(/C=C/CO)cc3)CC2)cc(Cl)c1Oc1ccc(OCc2ccc(C#N)cc2)cn1. The molecule has 9 heteroatoms. The second-order valence-corrected chi connectivity index (χ2v) is 11.3. The lowest BCUT2D eigenvalue weighted by Gasteiger charge is -2.34. The zero-order valence-corrected chi connectivity index (χ0v) is 26.4. The van der Waals surface area contributed by atoms with Crippen LogP contribution in [0.4, 0.5) is 0 Å². The number of rotatable bonds is 11. The van der Waals surface area contributed by atoms with Gasteiger partial charge in [0.1, 0.15) is 12.4 Å². The van der Waals surface area contributed by atoms with Crippen molar-refractivity contribution in [3.05, 3.63) is 130 Å². The van der Waals surface area contributed by atoms with Gasteiger partial charge in [0.05, 0.1) is 29.5 Å². The highest BCUT2D eigenvalue weighted by Crippen LogP contribution is 2.34. The van der Waals surface area contributed by atoms with Crippen LogP contribution in [-0.2, 0) is 17.9 Å². The van der Waals surface area contributed by atoms with Crippen molar-refractivity contribution >= 4 is 29.7 Å². The fourth-order valence-corrected chi connectivity index (χ4v) is 5.34. The van der Waals surface area contributed by atoms with Gasteiger partial charge in [-0.3, -0.25) is 9.69 Å². The van der Waals surface area contributed by atoms with Crippen LogP contribution in [-0.4, -0.2) is 58.6 Å². The molecule has 1 saturated heterocycles. The van der Waals surface area contributed by atoms with E-state index in [2.05, 4.69) is 28.1 Å². The molecule has 0 atom stereocenters. The second kappa shape index (κ2) is 15.9. The van der Waals surface area contributed by atoms with E-state index in [1.54, 1.807) is 54.8 Å². The third-order valence-electron chi connectivity index (χ3n) is 7.56. The maximum atomic E-state index is 12.9. The van der Waals surface area contributed by atoms with Crippen LogP contribution >= 0.6 is 11.6 Å². The average Bonchev–Trinajstić information content (AvgIpc) is 3.08. The lowest BCUT2D eigenvalue weighted by molar-refractivity contribution is -0.127. The molecular formula is C37H35ClN4O4. The minimum atomic E-state index is -0.0283. The summed E-state index contributed by atoms with van der Waals surface area (Å²) >= 11 is 6.59. The summed E-state index contributed by atoms with van der Waals surface area (Å²) in [5, 5.41) is 18.3. The molecule has 1 amide bonds. The summed E-state index contributed by atoms with van der Waals surface area (Å²) in [5.41, 5.74) is 5.45. The summed E-state index contributed by atoms with van der Waals surface area (Å²) < 4.78 is 11.8. The number of nitriles is 1. The van der Waals surface area contributed by atoms with Gasteiger partial charge in [-0.15, -0.1) is 0 Å². The Kier molecular flexibility index (Phi) is 11.2. The van der Waals surface area contributed by atoms with E-state index in [0.29, 0.717) is 47.7 Å². The van der Waals surface area contributed by atoms with Crippen molar-refractivity contribution in [3.8, 4) is 23.4 Å². The van der Waals surface area contributed by atoms with Crippen molar-refractivity contribution in [2.75, 3.05) is 32.8 Å². The van der Waals surface area contributed by atoms with Gasteiger partial charge < -0.3 is 19.5 Å². The number of hydrogen-bond acceptors (Lipinski definition) is 7. The van der Waals surface area contributed by atoms with E-state index in [0.717, 1.165) is 41.9 Å². The summed E-state index contributed by atoms with van der Waals surface area (Å²) in [5.74, 6) is 1.43. The molecular weight excluding hydrogens is 600 g/mol. The zero-order chi connectivity index (χ0) is 32.3. The number of halogens is 1. The molecule has 1 aromatic heterocycles. The Morgan fingerprint density at radius 3 is 2.37 bits per heavy atom. The number of nitrogens with zero attached hydrogens (tertiary/aromatic N) is 4. The minimum absolute atomic E-state index is 0.0283. The Hall–Kier alpha value is -4.94. The topological polar surface area (TPSA) is 98.9 Å². The van der Waals surface area contributed by atoms with Crippen molar-refractivity contribution in [2.24, 2.45) is 0 Å². The first kappa shape index (κ1) is 32.5. The molecule has 8 nitrogen and oxygen atoms in total. The predicted molar refractivity (Wildman–Crippen MR) is 179 cm³/mol. The maximum Gasteiger partial charge on any atom is 0.246 e. The molecule has 0 spiro atoms. The van der Waals surface area contributed by atoms with E-state index in [4.69, 9.17) is 31.4 Å². The molecule has 0 bridgehead atoms. The number of carbonyl (C=O) groups excluding carboxylic acids is 1. The third kappa shape index (κ3) is 9.05. The Morgan fingerprint density at radius 2 is 1.72 bits per heavy atom. The molecule has 5 rings (SSSR count). The van der Waals surface area contributed by atoms with Crippen LogP contribution in [0, 0.1) is 18.3 Å². The Morgan fingerprint density at radius 1 is 0.978 bits per heavy atom. The number of aliphatic hydroxyl groups is 1. The molecule has 0 radical (unpaired) electrons. The molecule has 2 heterocycles. The Labute approximate surface area is 274 Å². The molecule has 1 aliphatic heterocycles. The number of aryl methyl sites for hydroxylation is 1. The normalized spacial score (nSPS) is 13.7. The van der Waals surface area contributed by atoms with Gasteiger partial charge in [0.25, 0.3) is 0 Å². The first-order chi connectivity index (χ1) is 22.4. The number of benzene rings is 3. The van der Waals surface area contributed by atoms with E-state index >= 15 is 0 Å². The molecule has 1 aliphatic rings. The summed E-state index contributed by atoms with van der Waals surface area (Å²) in [7, 11) is 0. The monoisotopic (exact) mass is 634 g/mol. The molecule has 1 fully saturated rings. The quantitative estimate of drug-likeness (QED) is 0.184. The van der Waals surface area contributed by atoms with Crippen molar-refractivity contribution in [3.63, 3.8) is 0 Å². The Balaban J connectivity index is 1.10. The third-order valence-corrected chi connectivity index (χ3v) is 7.84. The van der Waals surface area contributed by atoms with E-state index in [-0.39, 0.29) is 12.5 Å². The highest BCUT2D eigenvalue weighted by Gasteiger charge is 2.20. The van der Waals surface area contributed by atoms with Crippen LogP contribution in [0.1, 0.15) is 33.4 Å². The fraction of sp³-hybridized carbons (Fsp3) is 0.216. The number of aliphatic hydroxyl groups excluding tert-OH is 1. The summed E-state index contributed by atoms with van der Waals surface area (Å²) in [4.78, 5) is 21.5. The lowest BCUT2D eigenvalue weighted by atomic mass is 10.1. The van der Waals surface area contributed by atoms with Gasteiger partial charge in [-0.2, -0.15) is 5.26 Å². The summed E-state index contributed by atoms with van der Waals surface area (Å²) in [6.45, 7) is 6.06. The minimum Gasteiger partial charge on any atom is -0.487 e. The highest BCUT2D eigenvalue weighted by atomic mass is 35.5. The van der Waals surface area contributed by atoms with Crippen LogP contribution < -0.4 is 9.47 Å². The predicted octanol–water partition coefficient (Wildman–Crippen LogP) is 6.65. The molecule has 4 aromatic rings. The van der Waals surface area contributed by atoms with Crippen molar-refractivity contribution < 1.29 is 19.4 Å². The first-order valence-electron chi connectivity index (χ1n) is 15.0. The number of hydrogen-bond donors (Lipinski definition) is 1. The van der Waals surface area contributed by atoms with E-state index in [1.807, 2.05) is 48.2 Å². The standard InChI is InChI=1S/C37H35ClN4O4/c1-27-21-32(12-15-36(44)42-18-16-41(17-19-42)25-30-8-4-28(5-9-30)3-2-20-43)22-34(38)37(27)46-35-14-13-33(24-40-35)45-26-31-10-6-29(23-39)7-11-31/h2-15,21-22,24,43H,16-20,25-26H2,1H3/b3-2+,15-12+. The van der Waals surface area contributed by atoms with Crippen LogP contribution in [0.5, 0.6) is 17.4 Å². The van der Waals surface area contributed by atoms with Crippen molar-refractivity contribution in [1.29, 1.82) is 5.26 Å². The number of piperazine rings is 1. The Bertz CT molecular complexity index is 1700. The van der Waals surface area contributed by atoms with Gasteiger partial charge in [0.2, 0.25) is 11.8 Å². The molecule has 0 saturated carbocycles. The number of aromatic nitrogens is 1. The molecule has 0 unspecified atom stereocenters. The number of ether oxygens (including phenoxy) is 2. The van der Waals surface area contributed by atoms with Gasteiger partial charge in [0, 0.05) is 44.9 Å². The molecule has 0 aliphatic carbocycles. The summed E-state index contributed by atoms with van der Waals surface area (Å²) in [6, 6.07) is 24.8.